The second-order valence-corrected chi connectivity index (χ2v) is 6.28. The van der Waals surface area contributed by atoms with Gasteiger partial charge in [-0.3, -0.25) is 0 Å². The molecule has 0 saturated carbocycles. The number of allylic oxidation sites excluding steroid dienone is 4. The SMILES string of the molecule is O=[PH](O)Oc1ccc2c(c1)=C1CC=CC=C1C=c1ccccc1=2. The first kappa shape index (κ1) is 14.3. The molecule has 1 N–H and O–H groups in total. The molecule has 0 saturated heterocycles. The molecule has 0 aromatic heterocycles. The first-order valence-corrected chi connectivity index (χ1v) is 8.71. The summed E-state index contributed by atoms with van der Waals surface area (Å²) in [6.07, 6.45) is 9.32. The maximum Gasteiger partial charge on any atom is 0.365 e. The van der Waals surface area contributed by atoms with Gasteiger partial charge in [0.25, 0.3) is 0 Å². The van der Waals surface area contributed by atoms with E-state index in [2.05, 4.69) is 36.4 Å². The molecule has 3 nitrogen and oxygen atoms in total. The predicted octanol–water partition coefficient (Wildman–Crippen LogP) is 2.57. The smallest absolute Gasteiger partial charge is 0.365 e. The molecule has 0 radical (unpaired) electrons. The maximum atomic E-state index is 11.0. The standard InChI is InChI=1S/C19H15O3P/c20-23(21)22-15-9-10-18-16-7-3-1-5-13(16)11-14-6-2-4-8-17(14)19(18)12-15/h1-7,9-12,23H,8H2,(H,20,21). The third-order valence-corrected chi connectivity index (χ3v) is 4.58. The number of benzene rings is 2. The Kier molecular flexibility index (Phi) is 3.53. The van der Waals surface area contributed by atoms with Crippen molar-refractivity contribution < 1.29 is 14.0 Å². The van der Waals surface area contributed by atoms with Crippen molar-refractivity contribution in [2.75, 3.05) is 0 Å². The van der Waals surface area contributed by atoms with E-state index in [4.69, 9.17) is 9.42 Å². The molecule has 114 valence electrons. The van der Waals surface area contributed by atoms with E-state index in [1.165, 1.54) is 16.4 Å². The highest BCUT2D eigenvalue weighted by atomic mass is 31.1. The van der Waals surface area contributed by atoms with E-state index in [0.717, 1.165) is 22.1 Å². The summed E-state index contributed by atoms with van der Waals surface area (Å²) >= 11 is 0. The highest BCUT2D eigenvalue weighted by Crippen LogP contribution is 2.25. The van der Waals surface area contributed by atoms with Crippen LogP contribution in [0.25, 0.3) is 11.6 Å². The molecular weight excluding hydrogens is 307 g/mol. The molecule has 0 spiro atoms. The van der Waals surface area contributed by atoms with Gasteiger partial charge >= 0.3 is 8.25 Å². The van der Waals surface area contributed by atoms with E-state index >= 15 is 0 Å². The van der Waals surface area contributed by atoms with Crippen LogP contribution in [-0.4, -0.2) is 4.89 Å². The van der Waals surface area contributed by atoms with Crippen molar-refractivity contribution in [2.24, 2.45) is 0 Å². The van der Waals surface area contributed by atoms with E-state index < -0.39 is 8.25 Å². The molecule has 0 bridgehead atoms. The topological polar surface area (TPSA) is 46.5 Å². The monoisotopic (exact) mass is 322 g/mol. The van der Waals surface area contributed by atoms with Gasteiger partial charge in [0.05, 0.1) is 0 Å². The second-order valence-electron chi connectivity index (χ2n) is 5.54. The van der Waals surface area contributed by atoms with Gasteiger partial charge in [0.2, 0.25) is 0 Å². The molecule has 1 unspecified atom stereocenters. The fourth-order valence-corrected chi connectivity index (χ4v) is 3.51. The number of fused-ring (bicyclic) bond motifs is 3. The van der Waals surface area contributed by atoms with Gasteiger partial charge in [-0.1, -0.05) is 48.6 Å². The molecule has 23 heavy (non-hydrogen) atoms. The quantitative estimate of drug-likeness (QED) is 0.865. The molecular formula is C19H15O3P. The zero-order valence-corrected chi connectivity index (χ0v) is 13.3. The van der Waals surface area contributed by atoms with Crippen LogP contribution in [0.3, 0.4) is 0 Å². The minimum absolute atomic E-state index is 0.427. The van der Waals surface area contributed by atoms with Gasteiger partial charge in [-0.05, 0) is 56.7 Å². The van der Waals surface area contributed by atoms with Crippen LogP contribution in [0.4, 0.5) is 0 Å². The van der Waals surface area contributed by atoms with Crippen molar-refractivity contribution in [3.8, 4) is 5.75 Å². The number of hydrogen-bond acceptors (Lipinski definition) is 2. The van der Waals surface area contributed by atoms with E-state index in [0.29, 0.717) is 5.75 Å². The average Bonchev–Trinajstić information content (AvgIpc) is 2.69. The van der Waals surface area contributed by atoms with Gasteiger partial charge in [-0.25, -0.2) is 4.57 Å². The fourth-order valence-electron chi connectivity index (χ4n) is 3.18. The lowest BCUT2D eigenvalue weighted by Gasteiger charge is -2.10. The highest BCUT2D eigenvalue weighted by molar-refractivity contribution is 7.32. The highest BCUT2D eigenvalue weighted by Gasteiger charge is 2.10. The van der Waals surface area contributed by atoms with Gasteiger partial charge in [0, 0.05) is 0 Å². The van der Waals surface area contributed by atoms with Gasteiger partial charge < -0.3 is 9.42 Å². The molecule has 0 aliphatic heterocycles. The molecule has 2 aliphatic rings. The zero-order valence-electron chi connectivity index (χ0n) is 12.3. The minimum Gasteiger partial charge on any atom is -0.426 e. The molecule has 4 heteroatoms. The second kappa shape index (κ2) is 5.69. The van der Waals surface area contributed by atoms with Crippen LogP contribution in [0.15, 0.2) is 66.3 Å². The van der Waals surface area contributed by atoms with Crippen LogP contribution in [0.5, 0.6) is 5.75 Å². The Labute approximate surface area is 133 Å². The molecule has 2 aromatic rings. The van der Waals surface area contributed by atoms with Gasteiger partial charge in [0.1, 0.15) is 5.75 Å². The summed E-state index contributed by atoms with van der Waals surface area (Å²) in [5.41, 5.74) is 2.38. The summed E-state index contributed by atoms with van der Waals surface area (Å²) in [6.45, 7) is 0. The number of hydrogen-bond donors (Lipinski definition) is 1. The molecule has 0 heterocycles. The van der Waals surface area contributed by atoms with Crippen LogP contribution in [-0.2, 0) is 4.57 Å². The van der Waals surface area contributed by atoms with Crippen LogP contribution < -0.4 is 15.0 Å². The Morgan fingerprint density at radius 1 is 1.04 bits per heavy atom. The Balaban J connectivity index is 2.19. The van der Waals surface area contributed by atoms with E-state index in [-0.39, 0.29) is 0 Å². The zero-order chi connectivity index (χ0) is 15.8. The van der Waals surface area contributed by atoms with Gasteiger partial charge in [-0.2, -0.15) is 0 Å². The number of rotatable bonds is 2. The lowest BCUT2D eigenvalue weighted by molar-refractivity contribution is 0.410. The Morgan fingerprint density at radius 2 is 1.91 bits per heavy atom. The van der Waals surface area contributed by atoms with Crippen LogP contribution in [0.2, 0.25) is 0 Å². The van der Waals surface area contributed by atoms with Crippen molar-refractivity contribution in [2.45, 2.75) is 6.42 Å². The largest absolute Gasteiger partial charge is 0.426 e. The predicted molar refractivity (Wildman–Crippen MR) is 91.4 cm³/mol. The molecule has 1 atom stereocenters. The van der Waals surface area contributed by atoms with Crippen molar-refractivity contribution in [3.63, 3.8) is 0 Å². The van der Waals surface area contributed by atoms with Crippen molar-refractivity contribution >= 4 is 19.9 Å². The first-order chi connectivity index (χ1) is 11.2. The Hall–Kier alpha value is -2.35. The van der Waals surface area contributed by atoms with Gasteiger partial charge in [-0.15, -0.1) is 0 Å². The Morgan fingerprint density at radius 3 is 2.78 bits per heavy atom. The van der Waals surface area contributed by atoms with Crippen molar-refractivity contribution in [3.05, 3.63) is 87.1 Å². The van der Waals surface area contributed by atoms with Crippen molar-refractivity contribution in [1.82, 2.24) is 0 Å². The van der Waals surface area contributed by atoms with E-state index in [9.17, 15) is 4.57 Å². The molecule has 0 fully saturated rings. The molecule has 2 aromatic carbocycles. The normalized spacial score (nSPS) is 16.2. The maximum absolute atomic E-state index is 11.0. The first-order valence-electron chi connectivity index (χ1n) is 7.45. The molecule has 4 rings (SSSR count). The fraction of sp³-hybridized carbons (Fsp3) is 0.0526. The van der Waals surface area contributed by atoms with Crippen LogP contribution in [0.1, 0.15) is 6.42 Å². The summed E-state index contributed by atoms with van der Waals surface area (Å²) in [7, 11) is -3.01. The lowest BCUT2D eigenvalue weighted by atomic mass is 9.95. The summed E-state index contributed by atoms with van der Waals surface area (Å²) in [5.74, 6) is 0.427. The molecule has 2 aliphatic carbocycles. The van der Waals surface area contributed by atoms with Crippen LogP contribution in [0, 0.1) is 10.4 Å². The molecule has 0 amide bonds. The summed E-state index contributed by atoms with van der Waals surface area (Å²) < 4.78 is 16.0. The third kappa shape index (κ3) is 2.59. The van der Waals surface area contributed by atoms with E-state index in [1.54, 1.807) is 6.07 Å². The van der Waals surface area contributed by atoms with E-state index in [1.807, 2.05) is 24.3 Å². The van der Waals surface area contributed by atoms with Crippen LogP contribution >= 0.6 is 8.25 Å². The summed E-state index contributed by atoms with van der Waals surface area (Å²) in [6, 6.07) is 13.9. The average molecular weight is 322 g/mol. The minimum atomic E-state index is -3.01. The van der Waals surface area contributed by atoms with Crippen molar-refractivity contribution in [1.29, 1.82) is 0 Å². The summed E-state index contributed by atoms with van der Waals surface area (Å²) in [4.78, 5) is 9.04. The van der Waals surface area contributed by atoms with Gasteiger partial charge in [0.15, 0.2) is 0 Å². The summed E-state index contributed by atoms with van der Waals surface area (Å²) in [5, 5.41) is 4.52. The lowest BCUT2D eigenvalue weighted by Crippen LogP contribution is -2.10. The third-order valence-electron chi connectivity index (χ3n) is 4.17. The Bertz CT molecular complexity index is 1090.